The number of hydrogen-bond donors (Lipinski definition) is 2. The Bertz CT molecular complexity index is 799. The van der Waals surface area contributed by atoms with Gasteiger partial charge in [-0.25, -0.2) is 0 Å². The van der Waals surface area contributed by atoms with Gasteiger partial charge < -0.3 is 15.8 Å². The Morgan fingerprint density at radius 3 is 2.42 bits per heavy atom. The summed E-state index contributed by atoms with van der Waals surface area (Å²) in [6.45, 7) is 1.92. The molecule has 3 N–H and O–H groups in total. The molecular formula is C21H24N2O3. The van der Waals surface area contributed by atoms with Crippen molar-refractivity contribution in [1.82, 2.24) is 0 Å². The lowest BCUT2D eigenvalue weighted by Crippen LogP contribution is -2.32. The van der Waals surface area contributed by atoms with Gasteiger partial charge in [-0.2, -0.15) is 0 Å². The van der Waals surface area contributed by atoms with Crippen LogP contribution in [0.3, 0.4) is 0 Å². The minimum Gasteiger partial charge on any atom is -0.481 e. The first-order chi connectivity index (χ1) is 12.6. The Hall–Kier alpha value is -2.82. The number of nitrogens with two attached hydrogens (primary N) is 1. The molecule has 0 saturated carbocycles. The summed E-state index contributed by atoms with van der Waals surface area (Å²) in [4.78, 5) is 23.6. The van der Waals surface area contributed by atoms with Crippen molar-refractivity contribution in [2.45, 2.75) is 45.1 Å². The number of benzene rings is 2. The van der Waals surface area contributed by atoms with Gasteiger partial charge in [0.1, 0.15) is 5.75 Å². The molecule has 0 fully saturated rings. The maximum absolute atomic E-state index is 12.5. The summed E-state index contributed by atoms with van der Waals surface area (Å²) < 4.78 is 5.94. The zero-order valence-electron chi connectivity index (χ0n) is 15.0. The average molecular weight is 352 g/mol. The minimum atomic E-state index is -0.576. The van der Waals surface area contributed by atoms with Crippen LogP contribution in [0, 0.1) is 0 Å². The molecule has 0 spiro atoms. The van der Waals surface area contributed by atoms with Crippen molar-refractivity contribution in [2.75, 3.05) is 5.32 Å². The lowest BCUT2D eigenvalue weighted by molar-refractivity contribution is -0.122. The summed E-state index contributed by atoms with van der Waals surface area (Å²) in [7, 11) is 0. The number of carbonyl (C=O) groups is 2. The fourth-order valence-electron chi connectivity index (χ4n) is 3.21. The van der Waals surface area contributed by atoms with Gasteiger partial charge in [0.25, 0.3) is 5.91 Å². The monoisotopic (exact) mass is 352 g/mol. The van der Waals surface area contributed by atoms with Crippen LogP contribution in [0.2, 0.25) is 0 Å². The van der Waals surface area contributed by atoms with Gasteiger partial charge in [0.15, 0.2) is 6.10 Å². The van der Waals surface area contributed by atoms with Gasteiger partial charge >= 0.3 is 0 Å². The summed E-state index contributed by atoms with van der Waals surface area (Å²) in [6, 6.07) is 12.6. The van der Waals surface area contributed by atoms with E-state index in [2.05, 4.69) is 17.4 Å². The third-order valence-corrected chi connectivity index (χ3v) is 4.70. The minimum absolute atomic E-state index is 0.211. The van der Waals surface area contributed by atoms with E-state index in [9.17, 15) is 9.59 Å². The molecule has 1 aliphatic carbocycles. The molecule has 1 aliphatic rings. The highest BCUT2D eigenvalue weighted by atomic mass is 16.5. The molecule has 5 heteroatoms. The molecule has 0 heterocycles. The number of fused-ring (bicyclic) bond motifs is 1. The summed E-state index contributed by atoms with van der Waals surface area (Å²) in [5.74, 6) is 0.0267. The third kappa shape index (κ3) is 4.23. The number of anilines is 1. The smallest absolute Gasteiger partial charge is 0.265 e. The zero-order valence-corrected chi connectivity index (χ0v) is 15.0. The Morgan fingerprint density at radius 1 is 1.08 bits per heavy atom. The Morgan fingerprint density at radius 2 is 1.77 bits per heavy atom. The fraction of sp³-hybridized carbons (Fsp3) is 0.333. The first-order valence-corrected chi connectivity index (χ1v) is 9.06. The summed E-state index contributed by atoms with van der Waals surface area (Å²) in [5, 5.41) is 2.83. The molecule has 0 aliphatic heterocycles. The first kappa shape index (κ1) is 18.0. The maximum atomic E-state index is 12.5. The molecule has 0 radical (unpaired) electrons. The van der Waals surface area contributed by atoms with E-state index in [1.165, 1.54) is 24.0 Å². The van der Waals surface area contributed by atoms with Crippen LogP contribution >= 0.6 is 0 Å². The summed E-state index contributed by atoms with van der Waals surface area (Å²) >= 11 is 0. The van der Waals surface area contributed by atoms with Gasteiger partial charge in [-0.1, -0.05) is 13.0 Å². The Kier molecular flexibility index (Phi) is 5.56. The van der Waals surface area contributed by atoms with Crippen LogP contribution in [0.1, 0.15) is 47.7 Å². The predicted octanol–water partition coefficient (Wildman–Crippen LogP) is 3.46. The highest BCUT2D eigenvalue weighted by Crippen LogP contribution is 2.26. The lowest BCUT2D eigenvalue weighted by atomic mass is 9.92. The van der Waals surface area contributed by atoms with Gasteiger partial charge in [0.2, 0.25) is 5.91 Å². The lowest BCUT2D eigenvalue weighted by Gasteiger charge is -2.20. The van der Waals surface area contributed by atoms with Gasteiger partial charge in [-0.05, 0) is 79.6 Å². The molecule has 2 aromatic rings. The molecule has 1 atom stereocenters. The number of primary amides is 1. The number of ether oxygens (including phenoxy) is 1. The van der Waals surface area contributed by atoms with Crippen LogP contribution in [0.25, 0.3) is 0 Å². The fourth-order valence-corrected chi connectivity index (χ4v) is 3.21. The van der Waals surface area contributed by atoms with E-state index in [4.69, 9.17) is 10.5 Å². The number of aryl methyl sites for hydroxylation is 2. The van der Waals surface area contributed by atoms with Crippen molar-refractivity contribution in [3.63, 3.8) is 0 Å². The molecule has 2 amide bonds. The Balaban J connectivity index is 1.66. The number of rotatable bonds is 6. The SMILES string of the molecule is CC[C@H](Oc1ccc2c(c1)CCCC2)C(=O)Nc1ccc(C(N)=O)cc1. The van der Waals surface area contributed by atoms with Crippen LogP contribution in [0.15, 0.2) is 42.5 Å². The molecular weight excluding hydrogens is 328 g/mol. The molecule has 0 aromatic heterocycles. The number of carbonyl (C=O) groups excluding carboxylic acids is 2. The van der Waals surface area contributed by atoms with Crippen molar-refractivity contribution in [3.8, 4) is 5.75 Å². The van der Waals surface area contributed by atoms with E-state index >= 15 is 0 Å². The molecule has 0 unspecified atom stereocenters. The van der Waals surface area contributed by atoms with Crippen molar-refractivity contribution in [2.24, 2.45) is 5.73 Å². The summed E-state index contributed by atoms with van der Waals surface area (Å²) in [6.07, 6.45) is 4.61. The van der Waals surface area contributed by atoms with Crippen molar-refractivity contribution < 1.29 is 14.3 Å². The molecule has 3 rings (SSSR count). The van der Waals surface area contributed by atoms with Crippen molar-refractivity contribution in [3.05, 3.63) is 59.2 Å². The second-order valence-corrected chi connectivity index (χ2v) is 6.58. The quantitative estimate of drug-likeness (QED) is 0.835. The van der Waals surface area contributed by atoms with Crippen molar-refractivity contribution >= 4 is 17.5 Å². The highest BCUT2D eigenvalue weighted by molar-refractivity contribution is 5.96. The van der Waals surface area contributed by atoms with E-state index in [0.717, 1.165) is 18.6 Å². The van der Waals surface area contributed by atoms with E-state index in [0.29, 0.717) is 17.7 Å². The van der Waals surface area contributed by atoms with Crippen molar-refractivity contribution in [1.29, 1.82) is 0 Å². The predicted molar refractivity (Wildman–Crippen MR) is 101 cm³/mol. The number of hydrogen-bond acceptors (Lipinski definition) is 3. The molecule has 2 aromatic carbocycles. The van der Waals surface area contributed by atoms with Gasteiger partial charge in [-0.15, -0.1) is 0 Å². The molecule has 136 valence electrons. The molecule has 0 saturated heterocycles. The van der Waals surface area contributed by atoms with E-state index in [1.54, 1.807) is 24.3 Å². The van der Waals surface area contributed by atoms with Crippen LogP contribution in [-0.4, -0.2) is 17.9 Å². The largest absolute Gasteiger partial charge is 0.481 e. The Labute approximate surface area is 153 Å². The van der Waals surface area contributed by atoms with Crippen LogP contribution < -0.4 is 15.8 Å². The second-order valence-electron chi connectivity index (χ2n) is 6.58. The maximum Gasteiger partial charge on any atom is 0.265 e. The molecule has 26 heavy (non-hydrogen) atoms. The molecule has 0 bridgehead atoms. The van der Waals surface area contributed by atoms with Gasteiger partial charge in [0.05, 0.1) is 0 Å². The van der Waals surface area contributed by atoms with E-state index in [-0.39, 0.29) is 5.91 Å². The second kappa shape index (κ2) is 8.04. The normalized spacial score (nSPS) is 14.2. The van der Waals surface area contributed by atoms with E-state index in [1.807, 2.05) is 13.0 Å². The van der Waals surface area contributed by atoms with Gasteiger partial charge in [0, 0.05) is 11.3 Å². The third-order valence-electron chi connectivity index (χ3n) is 4.70. The number of amides is 2. The average Bonchev–Trinajstić information content (AvgIpc) is 2.66. The van der Waals surface area contributed by atoms with Crippen LogP contribution in [0.4, 0.5) is 5.69 Å². The molecule has 5 nitrogen and oxygen atoms in total. The van der Waals surface area contributed by atoms with Crippen LogP contribution in [-0.2, 0) is 17.6 Å². The standard InChI is InChI=1S/C21H24N2O3/c1-2-19(21(25)23-17-10-7-15(8-11-17)20(22)24)26-18-12-9-14-5-3-4-6-16(14)13-18/h7-13,19H,2-6H2,1H3,(H2,22,24)(H,23,25)/t19-/m0/s1. The summed E-state index contributed by atoms with van der Waals surface area (Å²) in [5.41, 5.74) is 8.94. The van der Waals surface area contributed by atoms with E-state index < -0.39 is 12.0 Å². The first-order valence-electron chi connectivity index (χ1n) is 9.06. The highest BCUT2D eigenvalue weighted by Gasteiger charge is 2.19. The van der Waals surface area contributed by atoms with Crippen LogP contribution in [0.5, 0.6) is 5.75 Å². The topological polar surface area (TPSA) is 81.4 Å². The van der Waals surface area contributed by atoms with Gasteiger partial charge in [-0.3, -0.25) is 9.59 Å². The number of nitrogens with one attached hydrogen (secondary N) is 1. The zero-order chi connectivity index (χ0) is 18.5.